The number of hydrogen-bond acceptors (Lipinski definition) is 7. The molecule has 3 aromatic rings. The second kappa shape index (κ2) is 9.64. The molecule has 176 valence electrons. The summed E-state index contributed by atoms with van der Waals surface area (Å²) < 4.78 is 0. The minimum absolute atomic E-state index is 0. The van der Waals surface area contributed by atoms with Gasteiger partial charge in [-0.3, -0.25) is 9.59 Å². The van der Waals surface area contributed by atoms with Crippen LogP contribution >= 0.6 is 34.5 Å². The molecule has 1 aliphatic heterocycles. The number of thiazole rings is 1. The van der Waals surface area contributed by atoms with Crippen molar-refractivity contribution in [2.45, 2.75) is 19.9 Å². The number of carbonyl (C=O) groups excluding carboxylic acids is 3. The Morgan fingerprint density at radius 1 is 1.14 bits per heavy atom. The van der Waals surface area contributed by atoms with Gasteiger partial charge in [0.05, 0.1) is 26.6 Å². The minimum Gasteiger partial charge on any atom is -0.544 e. The molecule has 3 atom stereocenters. The summed E-state index contributed by atoms with van der Waals surface area (Å²) in [6, 6.07) is 6.70. The van der Waals surface area contributed by atoms with Gasteiger partial charge in [0.15, 0.2) is 10.9 Å². The molecule has 1 aromatic carbocycles. The van der Waals surface area contributed by atoms with Gasteiger partial charge in [0, 0.05) is 47.8 Å². The number of anilines is 1. The van der Waals surface area contributed by atoms with E-state index in [1.165, 1.54) is 6.92 Å². The average molecular weight is 525 g/mol. The Labute approximate surface area is 227 Å². The van der Waals surface area contributed by atoms with Crippen LogP contribution in [-0.2, 0) is 0 Å². The number of carboxylic acid groups (broad SMARTS) is 1. The van der Waals surface area contributed by atoms with Gasteiger partial charge >= 0.3 is 18.9 Å². The van der Waals surface area contributed by atoms with E-state index in [2.05, 4.69) is 15.3 Å². The monoisotopic (exact) mass is 524 g/mol. The van der Waals surface area contributed by atoms with Crippen LogP contribution < -0.4 is 34.2 Å². The fourth-order valence-electron chi connectivity index (χ4n) is 4.49. The van der Waals surface area contributed by atoms with Gasteiger partial charge in [0.2, 0.25) is 0 Å². The SMILES string of the molecule is CC(=O)c1ccc(-c2nc(N3C[C@@H]4C(NC(=O)c5[nH]c(C)c(Cl)c5Cl)[C@@H]4C3)sc2C(=O)[O-])cc1.[Li+]. The molecule has 2 N–H and O–H groups in total. The number of aryl methyl sites for hydroxylation is 1. The van der Waals surface area contributed by atoms with Crippen molar-refractivity contribution in [3.05, 3.63) is 56.1 Å². The van der Waals surface area contributed by atoms with Gasteiger partial charge in [0.1, 0.15) is 5.69 Å². The van der Waals surface area contributed by atoms with Crippen LogP contribution in [0.4, 0.5) is 5.13 Å². The molecule has 1 saturated carbocycles. The van der Waals surface area contributed by atoms with E-state index in [4.69, 9.17) is 23.2 Å². The number of benzene rings is 1. The zero-order valence-electron chi connectivity index (χ0n) is 19.1. The van der Waals surface area contributed by atoms with E-state index in [0.717, 1.165) is 11.3 Å². The third-order valence-electron chi connectivity index (χ3n) is 6.41. The predicted molar refractivity (Wildman–Crippen MR) is 128 cm³/mol. The molecule has 3 heterocycles. The third kappa shape index (κ3) is 4.64. The first kappa shape index (κ1) is 25.8. The van der Waals surface area contributed by atoms with Gasteiger partial charge in [0.25, 0.3) is 5.91 Å². The summed E-state index contributed by atoms with van der Waals surface area (Å²) in [7, 11) is 0. The molecule has 5 rings (SSSR count). The van der Waals surface area contributed by atoms with Gasteiger partial charge in [-0.2, -0.15) is 0 Å². The van der Waals surface area contributed by atoms with Gasteiger partial charge in [-0.1, -0.05) is 58.8 Å². The summed E-state index contributed by atoms with van der Waals surface area (Å²) in [6.07, 6.45) is 0. The number of aromatic carboxylic acids is 1. The fraction of sp³-hybridized carbons (Fsp3) is 0.304. The molecule has 0 spiro atoms. The van der Waals surface area contributed by atoms with Crippen LogP contribution in [0, 0.1) is 18.8 Å². The van der Waals surface area contributed by atoms with Crippen LogP contribution in [-0.4, -0.2) is 46.8 Å². The van der Waals surface area contributed by atoms with E-state index >= 15 is 0 Å². The molecule has 2 aromatic heterocycles. The quantitative estimate of drug-likeness (QED) is 0.351. The largest absolute Gasteiger partial charge is 1.00 e. The number of nitrogens with one attached hydrogen (secondary N) is 2. The maximum Gasteiger partial charge on any atom is 1.00 e. The van der Waals surface area contributed by atoms with Crippen LogP contribution in [0.15, 0.2) is 24.3 Å². The average Bonchev–Trinajstić information content (AvgIpc) is 3.19. The molecule has 12 heteroatoms. The second-order valence-corrected chi connectivity index (χ2v) is 10.3. The van der Waals surface area contributed by atoms with E-state index in [9.17, 15) is 19.5 Å². The van der Waals surface area contributed by atoms with Gasteiger partial charge in [-0.15, -0.1) is 0 Å². The Bertz CT molecular complexity index is 1330. The van der Waals surface area contributed by atoms with E-state index in [0.29, 0.717) is 45.8 Å². The number of rotatable bonds is 6. The molecule has 35 heavy (non-hydrogen) atoms. The fourth-order valence-corrected chi connectivity index (χ4v) is 5.85. The van der Waals surface area contributed by atoms with E-state index in [1.807, 2.05) is 4.90 Å². The molecule has 8 nitrogen and oxygen atoms in total. The van der Waals surface area contributed by atoms with Crippen LogP contribution in [0.5, 0.6) is 0 Å². The Hall–Kier alpha value is -2.28. The maximum absolute atomic E-state index is 12.6. The molecule has 2 aliphatic rings. The number of hydrogen-bond donors (Lipinski definition) is 2. The van der Waals surface area contributed by atoms with Crippen molar-refractivity contribution in [3.63, 3.8) is 0 Å². The number of nitrogens with zero attached hydrogens (tertiary/aromatic N) is 2. The first-order valence-corrected chi connectivity index (χ1v) is 12.2. The van der Waals surface area contributed by atoms with Crippen molar-refractivity contribution in [1.82, 2.24) is 15.3 Å². The van der Waals surface area contributed by atoms with Crippen LogP contribution in [0.1, 0.15) is 43.1 Å². The predicted octanol–water partition coefficient (Wildman–Crippen LogP) is 0.188. The van der Waals surface area contributed by atoms with E-state index in [1.54, 1.807) is 31.2 Å². The summed E-state index contributed by atoms with van der Waals surface area (Å²) in [4.78, 5) is 45.5. The van der Waals surface area contributed by atoms with Gasteiger partial charge in [-0.05, 0) is 13.8 Å². The summed E-state index contributed by atoms with van der Waals surface area (Å²) >= 11 is 13.3. The van der Waals surface area contributed by atoms with Crippen molar-refractivity contribution in [3.8, 4) is 11.3 Å². The number of halogens is 2. The Balaban J connectivity index is 0.00000289. The third-order valence-corrected chi connectivity index (χ3v) is 8.45. The van der Waals surface area contributed by atoms with Crippen molar-refractivity contribution >= 4 is 57.3 Å². The number of Topliss-reactive ketones (excluding diaryl/α,β-unsaturated/α-hetero) is 1. The summed E-state index contributed by atoms with van der Waals surface area (Å²) in [5, 5.41) is 15.9. The van der Waals surface area contributed by atoms with Crippen molar-refractivity contribution in [2.24, 2.45) is 11.8 Å². The number of aromatic nitrogens is 2. The van der Waals surface area contributed by atoms with E-state index < -0.39 is 5.97 Å². The number of carbonyl (C=O) groups is 3. The zero-order chi connectivity index (χ0) is 24.3. The van der Waals surface area contributed by atoms with Gasteiger partial charge < -0.3 is 25.1 Å². The Morgan fingerprint density at radius 2 is 1.77 bits per heavy atom. The molecule has 1 unspecified atom stereocenters. The van der Waals surface area contributed by atoms with Crippen molar-refractivity contribution in [2.75, 3.05) is 18.0 Å². The first-order chi connectivity index (χ1) is 16.2. The summed E-state index contributed by atoms with van der Waals surface area (Å²) in [6.45, 7) is 4.52. The number of aromatic amines is 1. The molecule has 1 amide bonds. The van der Waals surface area contributed by atoms with Crippen LogP contribution in [0.3, 0.4) is 0 Å². The molecular weight excluding hydrogens is 506 g/mol. The molecular formula is C23H19Cl2LiN4O4S. The topological polar surface area (TPSA) is 118 Å². The number of H-pyrrole nitrogens is 1. The number of fused-ring (bicyclic) bond motifs is 1. The molecule has 1 saturated heterocycles. The number of carboxylic acids is 1. The first-order valence-electron chi connectivity index (χ1n) is 10.6. The minimum atomic E-state index is -1.29. The number of ketones is 1. The van der Waals surface area contributed by atoms with Gasteiger partial charge in [-0.25, -0.2) is 4.98 Å². The van der Waals surface area contributed by atoms with Crippen molar-refractivity contribution < 1.29 is 38.4 Å². The van der Waals surface area contributed by atoms with Crippen LogP contribution in [0.2, 0.25) is 10.0 Å². The standard InChI is InChI=1S/C23H20Cl2N4O4S.Li/c1-9-15(24)16(25)19(26-9)21(31)27-18-13-7-29(8-14(13)18)23-28-17(20(34-23)22(32)33)12-5-3-11(4-6-12)10(2)30;/h3-6,13-14,18,26H,7-8H2,1-2H3,(H,27,31)(H,32,33);/q;+1/p-1/t13-,14+,18?;. The molecule has 0 radical (unpaired) electrons. The maximum atomic E-state index is 12.6. The number of piperidine rings is 1. The zero-order valence-corrected chi connectivity index (χ0v) is 21.5. The van der Waals surface area contributed by atoms with Crippen molar-refractivity contribution in [1.29, 1.82) is 0 Å². The second-order valence-electron chi connectivity index (χ2n) is 8.58. The summed E-state index contributed by atoms with van der Waals surface area (Å²) in [5.74, 6) is -1.18. The summed E-state index contributed by atoms with van der Waals surface area (Å²) in [5.41, 5.74) is 2.37. The van der Waals surface area contributed by atoms with Crippen LogP contribution in [0.25, 0.3) is 11.3 Å². The Kier molecular flexibility index (Phi) is 7.11. The van der Waals surface area contributed by atoms with E-state index in [-0.39, 0.29) is 64.0 Å². The normalized spacial score (nSPS) is 20.2. The Morgan fingerprint density at radius 3 is 2.29 bits per heavy atom. The number of amides is 1. The smallest absolute Gasteiger partial charge is 0.544 e. The molecule has 2 fully saturated rings. The molecule has 1 aliphatic carbocycles. The molecule has 0 bridgehead atoms.